The summed E-state index contributed by atoms with van der Waals surface area (Å²) in [6, 6.07) is 13.8. The monoisotopic (exact) mass is 316 g/mol. The van der Waals surface area contributed by atoms with E-state index in [1.54, 1.807) is 55.5 Å². The lowest BCUT2D eigenvalue weighted by Gasteiger charge is -2.27. The summed E-state index contributed by atoms with van der Waals surface area (Å²) in [7, 11) is -3.52. The van der Waals surface area contributed by atoms with Crippen LogP contribution >= 0.6 is 0 Å². The van der Waals surface area contributed by atoms with E-state index < -0.39 is 9.84 Å². The Hall–Kier alpha value is -2.14. The van der Waals surface area contributed by atoms with Gasteiger partial charge >= 0.3 is 5.97 Å². The highest BCUT2D eigenvalue weighted by atomic mass is 32.2. The number of rotatable bonds is 3. The van der Waals surface area contributed by atoms with Gasteiger partial charge in [-0.25, -0.2) is 8.42 Å². The molecule has 0 atom stereocenters. The van der Waals surface area contributed by atoms with Gasteiger partial charge in [-0.1, -0.05) is 43.3 Å². The molecule has 114 valence electrons. The van der Waals surface area contributed by atoms with Crippen molar-refractivity contribution >= 4 is 15.8 Å². The number of carbonyl (C=O) groups is 1. The van der Waals surface area contributed by atoms with Crippen molar-refractivity contribution in [3.8, 4) is 0 Å². The Kier molecular flexibility index (Phi) is 3.74. The van der Waals surface area contributed by atoms with E-state index in [9.17, 15) is 13.2 Å². The first kappa shape index (κ1) is 14.8. The first-order valence-corrected chi connectivity index (χ1v) is 8.62. The molecule has 4 nitrogen and oxygen atoms in total. The quantitative estimate of drug-likeness (QED) is 0.817. The van der Waals surface area contributed by atoms with E-state index in [-0.39, 0.29) is 18.5 Å². The van der Waals surface area contributed by atoms with Gasteiger partial charge in [0.1, 0.15) is 6.61 Å². The van der Waals surface area contributed by atoms with E-state index in [1.165, 1.54) is 0 Å². The molecule has 0 bridgehead atoms. The molecular weight excluding hydrogens is 300 g/mol. The van der Waals surface area contributed by atoms with Gasteiger partial charge < -0.3 is 4.74 Å². The Morgan fingerprint density at radius 1 is 1.00 bits per heavy atom. The van der Waals surface area contributed by atoms with Gasteiger partial charge in [0, 0.05) is 12.3 Å². The van der Waals surface area contributed by atoms with Gasteiger partial charge in [0.2, 0.25) is 9.84 Å². The first-order valence-electron chi connectivity index (χ1n) is 7.14. The average molecular weight is 316 g/mol. The van der Waals surface area contributed by atoms with Crippen molar-refractivity contribution in [2.24, 2.45) is 0 Å². The number of sulfone groups is 1. The topological polar surface area (TPSA) is 60.4 Å². The van der Waals surface area contributed by atoms with E-state index in [0.717, 1.165) is 0 Å². The van der Waals surface area contributed by atoms with E-state index in [1.807, 2.05) is 0 Å². The van der Waals surface area contributed by atoms with E-state index in [4.69, 9.17) is 4.74 Å². The molecule has 0 radical (unpaired) electrons. The normalized spacial score (nSPS) is 15.7. The zero-order chi connectivity index (χ0) is 15.7. The number of fused-ring (bicyclic) bond motifs is 2. The third-order valence-corrected chi connectivity index (χ3v) is 5.77. The lowest BCUT2D eigenvalue weighted by molar-refractivity contribution is -0.143. The van der Waals surface area contributed by atoms with Gasteiger partial charge in [-0.3, -0.25) is 4.79 Å². The summed E-state index contributed by atoms with van der Waals surface area (Å²) in [5, 5.41) is 0. The molecular formula is C17H16O4S. The molecule has 0 aromatic heterocycles. The SMILES string of the molecule is CCC(=O)OCC1c2ccccc2S(=O)(=O)c2ccccc21. The zero-order valence-electron chi connectivity index (χ0n) is 12.2. The minimum absolute atomic E-state index is 0.149. The summed E-state index contributed by atoms with van der Waals surface area (Å²) in [5.41, 5.74) is 1.37. The minimum Gasteiger partial charge on any atom is -0.465 e. The van der Waals surface area contributed by atoms with Crippen LogP contribution in [0, 0.1) is 0 Å². The standard InChI is InChI=1S/C17H16O4S/c1-2-17(18)21-11-14-12-7-3-5-9-15(12)22(19,20)16-10-6-4-8-13(14)16/h3-10,14H,2,11H2,1H3. The maximum absolute atomic E-state index is 12.7. The van der Waals surface area contributed by atoms with Gasteiger partial charge in [0.25, 0.3) is 0 Å². The summed E-state index contributed by atoms with van der Waals surface area (Å²) in [4.78, 5) is 12.1. The van der Waals surface area contributed by atoms with Crippen LogP contribution in [-0.4, -0.2) is 21.0 Å². The molecule has 2 aromatic carbocycles. The average Bonchev–Trinajstić information content (AvgIpc) is 2.55. The van der Waals surface area contributed by atoms with Crippen LogP contribution in [0.5, 0.6) is 0 Å². The molecule has 3 rings (SSSR count). The van der Waals surface area contributed by atoms with E-state index >= 15 is 0 Å². The summed E-state index contributed by atoms with van der Waals surface area (Å²) >= 11 is 0. The first-order chi connectivity index (χ1) is 10.6. The summed E-state index contributed by atoms with van der Waals surface area (Å²) in [6.45, 7) is 1.88. The molecule has 0 fully saturated rings. The van der Waals surface area contributed by atoms with Crippen molar-refractivity contribution in [2.45, 2.75) is 29.1 Å². The number of carbonyl (C=O) groups excluding carboxylic acids is 1. The number of hydrogen-bond acceptors (Lipinski definition) is 4. The van der Waals surface area contributed by atoms with E-state index in [0.29, 0.717) is 27.3 Å². The predicted molar refractivity (Wildman–Crippen MR) is 81.4 cm³/mol. The van der Waals surface area contributed by atoms with Crippen LogP contribution in [0.4, 0.5) is 0 Å². The van der Waals surface area contributed by atoms with Gasteiger partial charge in [-0.15, -0.1) is 0 Å². The number of ether oxygens (including phenoxy) is 1. The Morgan fingerprint density at radius 3 is 2.00 bits per heavy atom. The van der Waals surface area contributed by atoms with Crippen LogP contribution in [0.2, 0.25) is 0 Å². The lowest BCUT2D eigenvalue weighted by Crippen LogP contribution is -2.23. The molecule has 1 heterocycles. The van der Waals surface area contributed by atoms with Gasteiger partial charge in [0.05, 0.1) is 9.79 Å². The highest BCUT2D eigenvalue weighted by molar-refractivity contribution is 7.91. The second kappa shape index (κ2) is 5.57. The van der Waals surface area contributed by atoms with Crippen molar-refractivity contribution in [1.29, 1.82) is 0 Å². The Morgan fingerprint density at radius 2 is 1.50 bits per heavy atom. The summed E-state index contributed by atoms with van der Waals surface area (Å²) < 4.78 is 30.7. The second-order valence-corrected chi connectivity index (χ2v) is 7.05. The van der Waals surface area contributed by atoms with Gasteiger partial charge in [-0.2, -0.15) is 0 Å². The molecule has 0 unspecified atom stereocenters. The maximum atomic E-state index is 12.7. The van der Waals surface area contributed by atoms with Crippen molar-refractivity contribution in [2.75, 3.05) is 6.61 Å². The fourth-order valence-corrected chi connectivity index (χ4v) is 4.56. The Bertz CT molecular complexity index is 771. The van der Waals surface area contributed by atoms with Crippen LogP contribution in [0.1, 0.15) is 30.4 Å². The molecule has 1 aliphatic heterocycles. The smallest absolute Gasteiger partial charge is 0.305 e. The van der Waals surface area contributed by atoms with Crippen molar-refractivity contribution < 1.29 is 17.9 Å². The number of benzene rings is 2. The Balaban J connectivity index is 2.14. The zero-order valence-corrected chi connectivity index (χ0v) is 13.0. The third kappa shape index (κ3) is 2.31. The van der Waals surface area contributed by atoms with Crippen molar-refractivity contribution in [1.82, 2.24) is 0 Å². The summed E-state index contributed by atoms with van der Waals surface area (Å²) in [5.74, 6) is -0.546. The second-order valence-electron chi connectivity index (χ2n) is 5.17. The van der Waals surface area contributed by atoms with Crippen LogP contribution < -0.4 is 0 Å². The van der Waals surface area contributed by atoms with Crippen LogP contribution in [-0.2, 0) is 19.4 Å². The third-order valence-electron chi connectivity index (χ3n) is 3.87. The van der Waals surface area contributed by atoms with Gasteiger partial charge in [-0.05, 0) is 23.3 Å². The van der Waals surface area contributed by atoms with Gasteiger partial charge in [0.15, 0.2) is 0 Å². The fraction of sp³-hybridized carbons (Fsp3) is 0.235. The molecule has 5 heteroatoms. The predicted octanol–water partition coefficient (Wildman–Crippen LogP) is 2.92. The largest absolute Gasteiger partial charge is 0.465 e. The van der Waals surface area contributed by atoms with Crippen LogP contribution in [0.25, 0.3) is 0 Å². The number of esters is 1. The minimum atomic E-state index is -3.52. The lowest BCUT2D eigenvalue weighted by atomic mass is 9.91. The fourth-order valence-electron chi connectivity index (χ4n) is 2.77. The molecule has 1 aliphatic rings. The molecule has 0 aliphatic carbocycles. The van der Waals surface area contributed by atoms with Crippen LogP contribution in [0.3, 0.4) is 0 Å². The van der Waals surface area contributed by atoms with Crippen molar-refractivity contribution in [3.05, 3.63) is 59.7 Å². The molecule has 0 saturated heterocycles. The molecule has 0 amide bonds. The molecule has 0 saturated carbocycles. The molecule has 0 N–H and O–H groups in total. The number of hydrogen-bond donors (Lipinski definition) is 0. The molecule has 2 aromatic rings. The molecule has 0 spiro atoms. The Labute approximate surface area is 129 Å². The van der Waals surface area contributed by atoms with Crippen LogP contribution in [0.15, 0.2) is 58.3 Å². The highest BCUT2D eigenvalue weighted by Gasteiger charge is 2.35. The maximum Gasteiger partial charge on any atom is 0.305 e. The summed E-state index contributed by atoms with van der Waals surface area (Å²) in [6.07, 6.45) is 0.300. The molecule has 22 heavy (non-hydrogen) atoms. The van der Waals surface area contributed by atoms with Crippen molar-refractivity contribution in [3.63, 3.8) is 0 Å². The highest BCUT2D eigenvalue weighted by Crippen LogP contribution is 2.41. The van der Waals surface area contributed by atoms with E-state index in [2.05, 4.69) is 0 Å².